The van der Waals surface area contributed by atoms with E-state index in [-0.39, 0.29) is 6.09 Å². The van der Waals surface area contributed by atoms with Gasteiger partial charge in [-0.3, -0.25) is 0 Å². The van der Waals surface area contributed by atoms with Crippen molar-refractivity contribution < 1.29 is 9.53 Å². The third kappa shape index (κ3) is 4.47. The van der Waals surface area contributed by atoms with Crippen LogP contribution in [0, 0.1) is 0 Å². The van der Waals surface area contributed by atoms with Crippen molar-refractivity contribution in [1.82, 2.24) is 15.1 Å². The molecule has 1 aromatic rings. The van der Waals surface area contributed by atoms with Crippen molar-refractivity contribution in [2.24, 2.45) is 0 Å². The van der Waals surface area contributed by atoms with Gasteiger partial charge in [0.2, 0.25) is 0 Å². The van der Waals surface area contributed by atoms with E-state index >= 15 is 0 Å². The Bertz CT molecular complexity index is 507. The molecule has 0 saturated carbocycles. The quantitative estimate of drug-likeness (QED) is 0.836. The van der Waals surface area contributed by atoms with Crippen LogP contribution in [0.4, 0.5) is 10.6 Å². The zero-order chi connectivity index (χ0) is 16.3. The summed E-state index contributed by atoms with van der Waals surface area (Å²) in [7, 11) is 1.99. The summed E-state index contributed by atoms with van der Waals surface area (Å²) in [6.07, 6.45) is 1.51. The number of hydrogen-bond acceptors (Lipinski definition) is 5. The monoisotopic (exact) mass is 326 g/mol. The lowest BCUT2D eigenvalue weighted by molar-refractivity contribution is 0.0205. The molecule has 6 nitrogen and oxygen atoms in total. The number of likely N-dealkylation sites (tertiary alicyclic amines) is 1. The lowest BCUT2D eigenvalue weighted by Crippen LogP contribution is -2.47. The molecule has 0 spiro atoms. The summed E-state index contributed by atoms with van der Waals surface area (Å²) < 4.78 is 5.41. The second-order valence-corrected chi connectivity index (χ2v) is 6.91. The van der Waals surface area contributed by atoms with Crippen molar-refractivity contribution in [3.8, 4) is 0 Å². The summed E-state index contributed by atoms with van der Waals surface area (Å²) in [6.45, 7) is 7.01. The first kappa shape index (κ1) is 16.8. The molecule has 1 fully saturated rings. The van der Waals surface area contributed by atoms with Crippen LogP contribution in [0.1, 0.15) is 33.6 Å². The highest BCUT2D eigenvalue weighted by atomic mass is 35.5. The largest absolute Gasteiger partial charge is 0.444 e. The summed E-state index contributed by atoms with van der Waals surface area (Å²) in [5.41, 5.74) is -0.455. The predicted octanol–water partition coefficient (Wildman–Crippen LogP) is 2.97. The van der Waals surface area contributed by atoms with Gasteiger partial charge in [0.05, 0.1) is 0 Å². The van der Waals surface area contributed by atoms with Gasteiger partial charge in [-0.15, -0.1) is 10.2 Å². The van der Waals surface area contributed by atoms with E-state index in [1.807, 2.05) is 33.9 Å². The Morgan fingerprint density at radius 1 is 1.32 bits per heavy atom. The number of rotatable bonds is 2. The minimum atomic E-state index is -0.455. The molecule has 1 aliphatic rings. The van der Waals surface area contributed by atoms with Gasteiger partial charge < -0.3 is 14.5 Å². The van der Waals surface area contributed by atoms with Crippen molar-refractivity contribution in [2.45, 2.75) is 45.3 Å². The SMILES string of the molecule is CN(c1ccc(Cl)nn1)C1CCN(C(=O)OC(C)(C)C)CC1. The molecule has 0 aliphatic carbocycles. The van der Waals surface area contributed by atoms with E-state index in [9.17, 15) is 4.79 Å². The molecule has 1 saturated heterocycles. The van der Waals surface area contributed by atoms with Gasteiger partial charge in [0.15, 0.2) is 11.0 Å². The van der Waals surface area contributed by atoms with E-state index in [2.05, 4.69) is 15.1 Å². The number of piperidine rings is 1. The molecule has 22 heavy (non-hydrogen) atoms. The van der Waals surface area contributed by atoms with E-state index in [1.165, 1.54) is 0 Å². The number of nitrogens with zero attached hydrogens (tertiary/aromatic N) is 4. The topological polar surface area (TPSA) is 58.6 Å². The van der Waals surface area contributed by atoms with Gasteiger partial charge in [0.1, 0.15) is 5.60 Å². The fourth-order valence-corrected chi connectivity index (χ4v) is 2.55. The van der Waals surface area contributed by atoms with Crippen molar-refractivity contribution in [1.29, 1.82) is 0 Å². The third-order valence-corrected chi connectivity index (χ3v) is 3.84. The summed E-state index contributed by atoms with van der Waals surface area (Å²) in [5, 5.41) is 8.35. The van der Waals surface area contributed by atoms with E-state index in [4.69, 9.17) is 16.3 Å². The molecule has 0 unspecified atom stereocenters. The molecule has 122 valence electrons. The van der Waals surface area contributed by atoms with E-state index in [1.54, 1.807) is 11.0 Å². The Balaban J connectivity index is 1.89. The molecule has 0 aromatic carbocycles. The molecular formula is C15H23ClN4O2. The van der Waals surface area contributed by atoms with Crippen molar-refractivity contribution in [3.05, 3.63) is 17.3 Å². The van der Waals surface area contributed by atoms with Crippen molar-refractivity contribution >= 4 is 23.5 Å². The molecule has 0 radical (unpaired) electrons. The van der Waals surface area contributed by atoms with Crippen LogP contribution in [-0.4, -0.2) is 53.0 Å². The molecule has 2 heterocycles. The third-order valence-electron chi connectivity index (χ3n) is 3.64. The molecule has 1 aromatic heterocycles. The summed E-state index contributed by atoms with van der Waals surface area (Å²) >= 11 is 5.76. The number of halogens is 1. The summed E-state index contributed by atoms with van der Waals surface area (Å²) in [4.78, 5) is 15.9. The first-order valence-corrected chi connectivity index (χ1v) is 7.84. The fraction of sp³-hybridized carbons (Fsp3) is 0.667. The Hall–Kier alpha value is -1.56. The number of carbonyl (C=O) groups excluding carboxylic acids is 1. The highest BCUT2D eigenvalue weighted by Gasteiger charge is 2.28. The number of ether oxygens (including phenoxy) is 1. The molecule has 0 bridgehead atoms. The lowest BCUT2D eigenvalue weighted by atomic mass is 10.0. The smallest absolute Gasteiger partial charge is 0.410 e. The van der Waals surface area contributed by atoms with Crippen LogP contribution in [0.15, 0.2) is 12.1 Å². The molecular weight excluding hydrogens is 304 g/mol. The van der Waals surface area contributed by atoms with Gasteiger partial charge in [-0.2, -0.15) is 0 Å². The Morgan fingerprint density at radius 2 is 1.95 bits per heavy atom. The molecule has 0 atom stereocenters. The van der Waals surface area contributed by atoms with Gasteiger partial charge in [0, 0.05) is 26.2 Å². The maximum Gasteiger partial charge on any atom is 0.410 e. The number of hydrogen-bond donors (Lipinski definition) is 0. The maximum atomic E-state index is 12.1. The van der Waals surface area contributed by atoms with E-state index in [0.717, 1.165) is 18.7 Å². The highest BCUT2D eigenvalue weighted by Crippen LogP contribution is 2.22. The van der Waals surface area contributed by atoms with Crippen molar-refractivity contribution in [3.63, 3.8) is 0 Å². The minimum Gasteiger partial charge on any atom is -0.444 e. The predicted molar refractivity (Wildman–Crippen MR) is 86.3 cm³/mol. The fourth-order valence-electron chi connectivity index (χ4n) is 2.45. The first-order chi connectivity index (χ1) is 10.3. The molecule has 1 aliphatic heterocycles. The maximum absolute atomic E-state index is 12.1. The number of carbonyl (C=O) groups is 1. The average Bonchev–Trinajstić information content (AvgIpc) is 2.46. The van der Waals surface area contributed by atoms with Crippen LogP contribution in [-0.2, 0) is 4.74 Å². The lowest BCUT2D eigenvalue weighted by Gasteiger charge is -2.37. The standard InChI is InChI=1S/C15H23ClN4O2/c1-15(2,3)22-14(21)20-9-7-11(8-10-20)19(4)13-6-5-12(16)17-18-13/h5-6,11H,7-10H2,1-4H3. The van der Waals surface area contributed by atoms with E-state index < -0.39 is 5.60 Å². The van der Waals surface area contributed by atoms with Crippen LogP contribution < -0.4 is 4.90 Å². The second-order valence-electron chi connectivity index (χ2n) is 6.52. The van der Waals surface area contributed by atoms with Crippen LogP contribution in [0.3, 0.4) is 0 Å². The Morgan fingerprint density at radius 3 is 2.45 bits per heavy atom. The van der Waals surface area contributed by atoms with Crippen LogP contribution >= 0.6 is 11.6 Å². The van der Waals surface area contributed by atoms with E-state index in [0.29, 0.717) is 24.3 Å². The molecule has 0 N–H and O–H groups in total. The molecule has 1 amide bonds. The summed E-state index contributed by atoms with van der Waals surface area (Å²) in [6, 6.07) is 3.92. The summed E-state index contributed by atoms with van der Waals surface area (Å²) in [5.74, 6) is 0.792. The van der Waals surface area contributed by atoms with Crippen LogP contribution in [0.5, 0.6) is 0 Å². The zero-order valence-electron chi connectivity index (χ0n) is 13.5. The molecule has 2 rings (SSSR count). The molecule has 7 heteroatoms. The van der Waals surface area contributed by atoms with Gasteiger partial charge in [-0.25, -0.2) is 4.79 Å². The number of aromatic nitrogens is 2. The second kappa shape index (κ2) is 6.69. The zero-order valence-corrected chi connectivity index (χ0v) is 14.3. The first-order valence-electron chi connectivity index (χ1n) is 7.46. The Labute approximate surface area is 136 Å². The average molecular weight is 327 g/mol. The van der Waals surface area contributed by atoms with Gasteiger partial charge in [0.25, 0.3) is 0 Å². The normalized spacial score (nSPS) is 16.5. The van der Waals surface area contributed by atoms with Gasteiger partial charge >= 0.3 is 6.09 Å². The van der Waals surface area contributed by atoms with Crippen LogP contribution in [0.2, 0.25) is 5.15 Å². The highest BCUT2D eigenvalue weighted by molar-refractivity contribution is 6.29. The van der Waals surface area contributed by atoms with Crippen molar-refractivity contribution in [2.75, 3.05) is 25.0 Å². The minimum absolute atomic E-state index is 0.236. The van der Waals surface area contributed by atoms with Crippen LogP contribution in [0.25, 0.3) is 0 Å². The van der Waals surface area contributed by atoms with Gasteiger partial charge in [-0.05, 0) is 45.7 Å². The Kier molecular flexibility index (Phi) is 5.11. The van der Waals surface area contributed by atoms with Gasteiger partial charge in [-0.1, -0.05) is 11.6 Å². The number of amides is 1. The number of anilines is 1.